The van der Waals surface area contributed by atoms with Gasteiger partial charge in [-0.2, -0.15) is 0 Å². The summed E-state index contributed by atoms with van der Waals surface area (Å²) >= 11 is 1.82. The number of hydrogen-bond donors (Lipinski definition) is 0. The van der Waals surface area contributed by atoms with E-state index in [9.17, 15) is 0 Å². The number of hydrogen-bond acceptors (Lipinski definition) is 1. The van der Waals surface area contributed by atoms with Crippen LogP contribution in [-0.2, 0) is 0 Å². The SMILES string of the molecule is CCC(C)C(C)c1[c]ccs1. The van der Waals surface area contributed by atoms with Gasteiger partial charge in [0, 0.05) is 4.88 Å². The molecule has 0 aliphatic heterocycles. The molecule has 0 spiro atoms. The molecule has 1 aromatic heterocycles. The Labute approximate surface area is 73.3 Å². The predicted molar refractivity (Wildman–Crippen MR) is 51.0 cm³/mol. The Morgan fingerprint density at radius 3 is 2.73 bits per heavy atom. The summed E-state index contributed by atoms with van der Waals surface area (Å²) in [4.78, 5) is 1.40. The van der Waals surface area contributed by atoms with Gasteiger partial charge in [0.15, 0.2) is 0 Å². The molecular formula is C10H15S. The van der Waals surface area contributed by atoms with E-state index in [0.717, 1.165) is 5.92 Å². The van der Waals surface area contributed by atoms with Crippen LogP contribution >= 0.6 is 11.3 Å². The second-order valence-electron chi connectivity index (χ2n) is 3.10. The molecule has 0 aliphatic rings. The predicted octanol–water partition coefficient (Wildman–Crippen LogP) is 3.70. The van der Waals surface area contributed by atoms with E-state index in [-0.39, 0.29) is 0 Å². The quantitative estimate of drug-likeness (QED) is 0.644. The monoisotopic (exact) mass is 167 g/mol. The second kappa shape index (κ2) is 3.91. The Balaban J connectivity index is 2.62. The summed E-state index contributed by atoms with van der Waals surface area (Å²) in [5, 5.41) is 2.11. The zero-order valence-electron chi connectivity index (χ0n) is 7.42. The molecule has 1 heteroatoms. The first-order valence-corrected chi connectivity index (χ1v) is 5.08. The van der Waals surface area contributed by atoms with Crippen LogP contribution in [0.2, 0.25) is 0 Å². The van der Waals surface area contributed by atoms with Gasteiger partial charge in [-0.05, 0) is 29.3 Å². The summed E-state index contributed by atoms with van der Waals surface area (Å²) in [6, 6.07) is 5.28. The molecule has 1 rings (SSSR count). The molecule has 61 valence electrons. The highest BCUT2D eigenvalue weighted by atomic mass is 32.1. The van der Waals surface area contributed by atoms with Crippen molar-refractivity contribution < 1.29 is 0 Å². The lowest BCUT2D eigenvalue weighted by Gasteiger charge is -2.15. The van der Waals surface area contributed by atoms with E-state index in [1.54, 1.807) is 0 Å². The fourth-order valence-electron chi connectivity index (χ4n) is 1.11. The van der Waals surface area contributed by atoms with E-state index in [2.05, 4.69) is 32.2 Å². The van der Waals surface area contributed by atoms with Gasteiger partial charge < -0.3 is 0 Å². The second-order valence-corrected chi connectivity index (χ2v) is 4.05. The van der Waals surface area contributed by atoms with Crippen LogP contribution in [0.15, 0.2) is 11.4 Å². The lowest BCUT2D eigenvalue weighted by Crippen LogP contribution is -2.02. The van der Waals surface area contributed by atoms with Crippen LogP contribution in [0.1, 0.15) is 38.0 Å². The Hall–Kier alpha value is -0.300. The Kier molecular flexibility index (Phi) is 3.13. The smallest absolute Gasteiger partial charge is 0.0155 e. The van der Waals surface area contributed by atoms with Crippen molar-refractivity contribution in [1.29, 1.82) is 0 Å². The van der Waals surface area contributed by atoms with Crippen LogP contribution in [0.3, 0.4) is 0 Å². The molecule has 0 N–H and O–H groups in total. The van der Waals surface area contributed by atoms with Gasteiger partial charge in [0.2, 0.25) is 0 Å². The minimum atomic E-state index is 0.681. The van der Waals surface area contributed by atoms with Gasteiger partial charge in [0.05, 0.1) is 0 Å². The van der Waals surface area contributed by atoms with Crippen LogP contribution in [0.25, 0.3) is 0 Å². The Bertz CT molecular complexity index is 189. The minimum absolute atomic E-state index is 0.681. The number of rotatable bonds is 3. The summed E-state index contributed by atoms with van der Waals surface area (Å²) in [7, 11) is 0. The summed E-state index contributed by atoms with van der Waals surface area (Å²) < 4.78 is 0. The van der Waals surface area contributed by atoms with E-state index in [0.29, 0.717) is 5.92 Å². The largest absolute Gasteiger partial charge is 0.148 e. The lowest BCUT2D eigenvalue weighted by atomic mass is 9.92. The van der Waals surface area contributed by atoms with Crippen LogP contribution < -0.4 is 0 Å². The van der Waals surface area contributed by atoms with Crippen molar-refractivity contribution in [2.24, 2.45) is 5.92 Å². The molecule has 1 aromatic rings. The van der Waals surface area contributed by atoms with Crippen LogP contribution in [0, 0.1) is 12.0 Å². The maximum Gasteiger partial charge on any atom is 0.0155 e. The molecule has 1 heterocycles. The first kappa shape index (κ1) is 8.79. The van der Waals surface area contributed by atoms with Crippen molar-refractivity contribution >= 4 is 11.3 Å². The van der Waals surface area contributed by atoms with Gasteiger partial charge in [-0.25, -0.2) is 0 Å². The molecule has 2 atom stereocenters. The molecule has 0 fully saturated rings. The zero-order valence-corrected chi connectivity index (χ0v) is 8.24. The van der Waals surface area contributed by atoms with E-state index in [1.807, 2.05) is 17.4 Å². The first-order chi connectivity index (χ1) is 5.25. The fraction of sp³-hybridized carbons (Fsp3) is 0.600. The van der Waals surface area contributed by atoms with E-state index in [1.165, 1.54) is 11.3 Å². The van der Waals surface area contributed by atoms with E-state index >= 15 is 0 Å². The Morgan fingerprint density at radius 2 is 2.27 bits per heavy atom. The summed E-state index contributed by atoms with van der Waals surface area (Å²) in [6.07, 6.45) is 1.26. The molecule has 1 radical (unpaired) electrons. The van der Waals surface area contributed by atoms with Gasteiger partial charge in [-0.15, -0.1) is 11.3 Å². The van der Waals surface area contributed by atoms with Crippen molar-refractivity contribution in [3.05, 3.63) is 22.4 Å². The van der Waals surface area contributed by atoms with Gasteiger partial charge in [0.1, 0.15) is 0 Å². The first-order valence-electron chi connectivity index (χ1n) is 4.20. The average Bonchev–Trinajstić information content (AvgIpc) is 2.53. The van der Waals surface area contributed by atoms with E-state index in [4.69, 9.17) is 0 Å². The third-order valence-corrected chi connectivity index (χ3v) is 3.42. The Morgan fingerprint density at radius 1 is 1.55 bits per heavy atom. The van der Waals surface area contributed by atoms with Crippen LogP contribution in [0.4, 0.5) is 0 Å². The van der Waals surface area contributed by atoms with Crippen molar-refractivity contribution in [2.75, 3.05) is 0 Å². The molecule has 0 amide bonds. The van der Waals surface area contributed by atoms with Crippen LogP contribution in [-0.4, -0.2) is 0 Å². The third kappa shape index (κ3) is 2.06. The fourth-order valence-corrected chi connectivity index (χ4v) is 1.97. The van der Waals surface area contributed by atoms with Gasteiger partial charge in [-0.3, -0.25) is 0 Å². The van der Waals surface area contributed by atoms with Crippen molar-refractivity contribution in [1.82, 2.24) is 0 Å². The highest BCUT2D eigenvalue weighted by Gasteiger charge is 2.12. The highest BCUT2D eigenvalue weighted by Crippen LogP contribution is 2.28. The van der Waals surface area contributed by atoms with E-state index < -0.39 is 0 Å². The molecule has 0 saturated carbocycles. The summed E-state index contributed by atoms with van der Waals surface area (Å²) in [5.41, 5.74) is 0. The highest BCUT2D eigenvalue weighted by molar-refractivity contribution is 7.09. The van der Waals surface area contributed by atoms with Crippen molar-refractivity contribution in [3.63, 3.8) is 0 Å². The van der Waals surface area contributed by atoms with Crippen LogP contribution in [0.5, 0.6) is 0 Å². The average molecular weight is 167 g/mol. The number of thiophene rings is 1. The maximum absolute atomic E-state index is 3.27. The molecule has 0 aliphatic carbocycles. The van der Waals surface area contributed by atoms with Crippen molar-refractivity contribution in [2.45, 2.75) is 33.1 Å². The molecule has 11 heavy (non-hydrogen) atoms. The van der Waals surface area contributed by atoms with Gasteiger partial charge >= 0.3 is 0 Å². The molecule has 0 aromatic carbocycles. The van der Waals surface area contributed by atoms with Crippen molar-refractivity contribution in [3.8, 4) is 0 Å². The maximum atomic E-state index is 3.27. The molecule has 2 unspecified atom stereocenters. The summed E-state index contributed by atoms with van der Waals surface area (Å²) in [5.74, 6) is 1.46. The topological polar surface area (TPSA) is 0 Å². The summed E-state index contributed by atoms with van der Waals surface area (Å²) in [6.45, 7) is 6.84. The molecule has 0 saturated heterocycles. The molecule has 0 nitrogen and oxygen atoms in total. The third-order valence-electron chi connectivity index (χ3n) is 2.40. The molecular weight excluding hydrogens is 152 g/mol. The van der Waals surface area contributed by atoms with Gasteiger partial charge in [-0.1, -0.05) is 27.2 Å². The van der Waals surface area contributed by atoms with Gasteiger partial charge in [0.25, 0.3) is 0 Å². The standard InChI is InChI=1S/C10H15S/c1-4-8(2)9(3)10-6-5-7-11-10/h5,7-9H,4H2,1-3H3. The molecule has 0 bridgehead atoms. The lowest BCUT2D eigenvalue weighted by molar-refractivity contribution is 0.478. The normalized spacial score (nSPS) is 16.3. The zero-order chi connectivity index (χ0) is 8.27. The minimum Gasteiger partial charge on any atom is -0.148 e.